The summed E-state index contributed by atoms with van der Waals surface area (Å²) in [6, 6.07) is 18.4. The highest BCUT2D eigenvalue weighted by atomic mass is 16.3. The van der Waals surface area contributed by atoms with E-state index in [1.807, 2.05) is 25.1 Å². The standard InChI is InChI=1S/C23H20N4O3/c1-15-24-25-22-14-26(13-17(27(15)22)11-16-7-3-2-4-8-16)23(29)21-12-19(28)18-9-5-6-10-20(18)30-21/h2-10,12,17H,11,13-14H2,1H3/t17-/m1/s1. The molecular weight excluding hydrogens is 380 g/mol. The highest BCUT2D eigenvalue weighted by molar-refractivity contribution is 5.93. The molecule has 1 aliphatic rings. The number of rotatable bonds is 3. The van der Waals surface area contributed by atoms with Crippen LogP contribution < -0.4 is 5.43 Å². The normalized spacial score (nSPS) is 15.9. The lowest BCUT2D eigenvalue weighted by atomic mass is 10.0. The molecule has 0 N–H and O–H groups in total. The molecule has 150 valence electrons. The van der Waals surface area contributed by atoms with Crippen LogP contribution in [0.3, 0.4) is 0 Å². The molecule has 1 aliphatic heterocycles. The fourth-order valence-electron chi connectivity index (χ4n) is 4.13. The van der Waals surface area contributed by atoms with E-state index in [4.69, 9.17) is 4.42 Å². The van der Waals surface area contributed by atoms with Crippen molar-refractivity contribution in [3.63, 3.8) is 0 Å². The van der Waals surface area contributed by atoms with Gasteiger partial charge in [-0.1, -0.05) is 42.5 Å². The maximum atomic E-state index is 13.2. The van der Waals surface area contributed by atoms with E-state index in [0.29, 0.717) is 24.1 Å². The van der Waals surface area contributed by atoms with Crippen molar-refractivity contribution in [2.75, 3.05) is 6.54 Å². The van der Waals surface area contributed by atoms with Crippen LogP contribution in [-0.4, -0.2) is 32.1 Å². The zero-order valence-corrected chi connectivity index (χ0v) is 16.5. The van der Waals surface area contributed by atoms with E-state index >= 15 is 0 Å². The molecule has 2 aromatic heterocycles. The van der Waals surface area contributed by atoms with Crippen LogP contribution in [0.2, 0.25) is 0 Å². The fraction of sp³-hybridized carbons (Fsp3) is 0.217. The molecule has 7 nitrogen and oxygen atoms in total. The second-order valence-electron chi connectivity index (χ2n) is 7.53. The minimum Gasteiger partial charge on any atom is -0.451 e. The summed E-state index contributed by atoms with van der Waals surface area (Å²) in [6.45, 7) is 2.73. The molecule has 0 spiro atoms. The first kappa shape index (κ1) is 18.3. The Labute approximate surface area is 172 Å². The summed E-state index contributed by atoms with van der Waals surface area (Å²) in [4.78, 5) is 27.4. The van der Waals surface area contributed by atoms with E-state index in [1.165, 1.54) is 11.6 Å². The number of benzene rings is 2. The van der Waals surface area contributed by atoms with Crippen LogP contribution in [0.25, 0.3) is 11.0 Å². The molecular formula is C23H20N4O3. The van der Waals surface area contributed by atoms with Gasteiger partial charge in [0, 0.05) is 12.6 Å². The molecule has 7 heteroatoms. The molecule has 4 aromatic rings. The monoisotopic (exact) mass is 400 g/mol. The van der Waals surface area contributed by atoms with Crippen molar-refractivity contribution in [3.8, 4) is 0 Å². The summed E-state index contributed by atoms with van der Waals surface area (Å²) < 4.78 is 7.87. The molecule has 1 atom stereocenters. The van der Waals surface area contributed by atoms with Crippen LogP contribution in [-0.2, 0) is 13.0 Å². The van der Waals surface area contributed by atoms with Gasteiger partial charge in [0.1, 0.15) is 11.4 Å². The number of aromatic nitrogens is 3. The third kappa shape index (κ3) is 3.18. The zero-order valence-electron chi connectivity index (χ0n) is 16.5. The second-order valence-corrected chi connectivity index (χ2v) is 7.53. The first-order valence-electron chi connectivity index (χ1n) is 9.86. The lowest BCUT2D eigenvalue weighted by Crippen LogP contribution is -2.42. The number of aryl methyl sites for hydroxylation is 1. The van der Waals surface area contributed by atoms with Gasteiger partial charge in [0.05, 0.1) is 18.0 Å². The summed E-state index contributed by atoms with van der Waals surface area (Å²) in [7, 11) is 0. The Morgan fingerprint density at radius 2 is 1.87 bits per heavy atom. The van der Waals surface area contributed by atoms with Gasteiger partial charge in [-0.3, -0.25) is 9.59 Å². The number of carbonyl (C=O) groups excluding carboxylic acids is 1. The Bertz CT molecular complexity index is 1290. The highest BCUT2D eigenvalue weighted by Gasteiger charge is 2.32. The Hall–Kier alpha value is -3.74. The van der Waals surface area contributed by atoms with Crippen LogP contribution in [0.1, 0.15) is 33.8 Å². The van der Waals surface area contributed by atoms with Crippen LogP contribution in [0.15, 0.2) is 69.9 Å². The SMILES string of the molecule is Cc1nnc2n1[C@H](Cc1ccccc1)CN(C(=O)c1cc(=O)c3ccccc3o1)C2. The lowest BCUT2D eigenvalue weighted by Gasteiger charge is -2.34. The van der Waals surface area contributed by atoms with Crippen molar-refractivity contribution < 1.29 is 9.21 Å². The maximum Gasteiger partial charge on any atom is 0.290 e. The summed E-state index contributed by atoms with van der Waals surface area (Å²) in [5.74, 6) is 1.29. The molecule has 1 amide bonds. The van der Waals surface area contributed by atoms with E-state index in [-0.39, 0.29) is 23.1 Å². The van der Waals surface area contributed by atoms with E-state index in [1.54, 1.807) is 29.2 Å². The molecule has 5 rings (SSSR count). The Balaban J connectivity index is 1.49. The van der Waals surface area contributed by atoms with Gasteiger partial charge in [0.25, 0.3) is 5.91 Å². The lowest BCUT2D eigenvalue weighted by molar-refractivity contribution is 0.0640. The molecule has 30 heavy (non-hydrogen) atoms. The van der Waals surface area contributed by atoms with E-state index in [2.05, 4.69) is 26.9 Å². The second kappa shape index (κ2) is 7.26. The van der Waals surface area contributed by atoms with Crippen LogP contribution in [0, 0.1) is 6.92 Å². The molecule has 0 aliphatic carbocycles. The van der Waals surface area contributed by atoms with Crippen molar-refractivity contribution in [2.24, 2.45) is 0 Å². The molecule has 2 aromatic carbocycles. The smallest absolute Gasteiger partial charge is 0.290 e. The van der Waals surface area contributed by atoms with E-state index in [9.17, 15) is 9.59 Å². The molecule has 0 fully saturated rings. The van der Waals surface area contributed by atoms with Crippen LogP contribution in [0.4, 0.5) is 0 Å². The first-order chi connectivity index (χ1) is 14.6. The van der Waals surface area contributed by atoms with Gasteiger partial charge in [0.15, 0.2) is 17.0 Å². The van der Waals surface area contributed by atoms with Gasteiger partial charge < -0.3 is 13.9 Å². The number of nitrogens with zero attached hydrogens (tertiary/aromatic N) is 4. The van der Waals surface area contributed by atoms with Gasteiger partial charge in [-0.2, -0.15) is 0 Å². The number of hydrogen-bond donors (Lipinski definition) is 0. The third-order valence-corrected chi connectivity index (χ3v) is 5.51. The van der Waals surface area contributed by atoms with Crippen molar-refractivity contribution in [2.45, 2.75) is 25.9 Å². The quantitative estimate of drug-likeness (QED) is 0.528. The Morgan fingerprint density at radius 3 is 2.70 bits per heavy atom. The summed E-state index contributed by atoms with van der Waals surface area (Å²) in [5.41, 5.74) is 1.36. The van der Waals surface area contributed by atoms with Gasteiger partial charge in [-0.05, 0) is 31.0 Å². The van der Waals surface area contributed by atoms with Gasteiger partial charge in [0.2, 0.25) is 0 Å². The fourth-order valence-corrected chi connectivity index (χ4v) is 4.13. The predicted octanol–water partition coefficient (Wildman–Crippen LogP) is 3.13. The number of para-hydroxylation sites is 1. The molecule has 0 saturated carbocycles. The van der Waals surface area contributed by atoms with Gasteiger partial charge >= 0.3 is 0 Å². The molecule has 0 saturated heterocycles. The average molecular weight is 400 g/mol. The summed E-state index contributed by atoms with van der Waals surface area (Å²) in [6.07, 6.45) is 0.748. The topological polar surface area (TPSA) is 81.2 Å². The predicted molar refractivity (Wildman–Crippen MR) is 111 cm³/mol. The Morgan fingerprint density at radius 1 is 1.10 bits per heavy atom. The van der Waals surface area contributed by atoms with Crippen LogP contribution >= 0.6 is 0 Å². The molecule has 0 unspecified atom stereocenters. The number of amides is 1. The van der Waals surface area contributed by atoms with Crippen molar-refractivity contribution in [1.82, 2.24) is 19.7 Å². The average Bonchev–Trinajstić information content (AvgIpc) is 3.15. The first-order valence-corrected chi connectivity index (χ1v) is 9.86. The minimum atomic E-state index is -0.317. The minimum absolute atomic E-state index is 0.00211. The molecule has 0 bridgehead atoms. The Kier molecular flexibility index (Phi) is 4.43. The maximum absolute atomic E-state index is 13.2. The van der Waals surface area contributed by atoms with Crippen LogP contribution in [0.5, 0.6) is 0 Å². The van der Waals surface area contributed by atoms with Crippen molar-refractivity contribution in [1.29, 1.82) is 0 Å². The third-order valence-electron chi connectivity index (χ3n) is 5.51. The van der Waals surface area contributed by atoms with Gasteiger partial charge in [-0.15, -0.1) is 10.2 Å². The molecule has 3 heterocycles. The number of fused-ring (bicyclic) bond motifs is 2. The van der Waals surface area contributed by atoms with Crippen molar-refractivity contribution in [3.05, 3.63) is 93.9 Å². The highest BCUT2D eigenvalue weighted by Crippen LogP contribution is 2.26. The zero-order chi connectivity index (χ0) is 20.7. The summed E-state index contributed by atoms with van der Waals surface area (Å²) >= 11 is 0. The van der Waals surface area contributed by atoms with Gasteiger partial charge in [-0.25, -0.2) is 0 Å². The van der Waals surface area contributed by atoms with E-state index in [0.717, 1.165) is 18.1 Å². The largest absolute Gasteiger partial charge is 0.451 e. The molecule has 0 radical (unpaired) electrons. The van der Waals surface area contributed by atoms with E-state index < -0.39 is 0 Å². The summed E-state index contributed by atoms with van der Waals surface area (Å²) in [5, 5.41) is 8.94. The number of carbonyl (C=O) groups is 1. The number of hydrogen-bond acceptors (Lipinski definition) is 5. The van der Waals surface area contributed by atoms with Crippen molar-refractivity contribution >= 4 is 16.9 Å².